The summed E-state index contributed by atoms with van der Waals surface area (Å²) in [6.07, 6.45) is 2.73. The summed E-state index contributed by atoms with van der Waals surface area (Å²) in [7, 11) is -1.69. The molecule has 3 rings (SSSR count). The highest BCUT2D eigenvalue weighted by Gasteiger charge is 2.37. The van der Waals surface area contributed by atoms with Gasteiger partial charge in [-0.15, -0.1) is 0 Å². The number of amides is 1. The molecule has 148 valence electrons. The van der Waals surface area contributed by atoms with Gasteiger partial charge in [-0.1, -0.05) is 99.6 Å². The van der Waals surface area contributed by atoms with Crippen molar-refractivity contribution >= 4 is 19.4 Å². The van der Waals surface area contributed by atoms with Crippen LogP contribution in [0.5, 0.6) is 0 Å². The maximum Gasteiger partial charge on any atom is 0.414 e. The normalized spacial score (nSPS) is 17.7. The highest BCUT2D eigenvalue weighted by atomic mass is 28.3. The first-order valence-corrected chi connectivity index (χ1v) is 13.0. The second kappa shape index (κ2) is 9.24. The zero-order valence-electron chi connectivity index (χ0n) is 17.2. The number of ether oxygens (including phenoxy) is 1. The van der Waals surface area contributed by atoms with Gasteiger partial charge in [-0.25, -0.2) is 4.79 Å². The second-order valence-corrected chi connectivity index (χ2v) is 12.8. The minimum absolute atomic E-state index is 0.0471. The number of cyclic esters (lactones) is 1. The van der Waals surface area contributed by atoms with Crippen LogP contribution in [-0.2, 0) is 11.2 Å². The molecule has 0 N–H and O–H groups in total. The maximum absolute atomic E-state index is 12.6. The quantitative estimate of drug-likeness (QED) is 0.504. The van der Waals surface area contributed by atoms with Crippen molar-refractivity contribution in [2.45, 2.75) is 51.4 Å². The Bertz CT molecular complexity index is 792. The summed E-state index contributed by atoms with van der Waals surface area (Å²) < 4.78 is 5.46. The van der Waals surface area contributed by atoms with Gasteiger partial charge in [0.25, 0.3) is 0 Å². The number of rotatable bonds is 8. The maximum atomic E-state index is 12.6. The van der Waals surface area contributed by atoms with Crippen LogP contribution in [0.3, 0.4) is 0 Å². The lowest BCUT2D eigenvalue weighted by Crippen LogP contribution is -2.37. The van der Waals surface area contributed by atoms with E-state index in [2.05, 4.69) is 69.4 Å². The Morgan fingerprint density at radius 1 is 1.00 bits per heavy atom. The molecule has 1 atom stereocenters. The number of hydrogen-bond acceptors (Lipinski definition) is 2. The molecule has 2 aromatic rings. The third kappa shape index (κ3) is 4.22. The fourth-order valence-corrected chi connectivity index (χ4v) is 8.10. The summed E-state index contributed by atoms with van der Waals surface area (Å²) in [6.45, 7) is 7.37. The van der Waals surface area contributed by atoms with E-state index in [9.17, 15) is 4.79 Å². The molecule has 1 aliphatic heterocycles. The zero-order chi connectivity index (χ0) is 20.0. The second-order valence-electron chi connectivity index (χ2n) is 7.58. The molecule has 1 saturated heterocycles. The van der Waals surface area contributed by atoms with Crippen LogP contribution < -0.4 is 0 Å². The number of carbonyl (C=O) groups excluding carboxylic acids is 1. The lowest BCUT2D eigenvalue weighted by Gasteiger charge is -2.33. The van der Waals surface area contributed by atoms with E-state index in [0.29, 0.717) is 6.61 Å². The molecule has 4 heteroatoms. The van der Waals surface area contributed by atoms with E-state index in [1.807, 2.05) is 23.1 Å². The van der Waals surface area contributed by atoms with Gasteiger partial charge in [0, 0.05) is 6.20 Å². The molecule has 0 aromatic heterocycles. The molecule has 1 heterocycles. The summed E-state index contributed by atoms with van der Waals surface area (Å²) in [5, 5.41) is 1.37. The van der Waals surface area contributed by atoms with Gasteiger partial charge in [-0.05, 0) is 22.7 Å². The van der Waals surface area contributed by atoms with Crippen LogP contribution in [0.4, 0.5) is 4.79 Å². The van der Waals surface area contributed by atoms with Crippen molar-refractivity contribution in [2.24, 2.45) is 0 Å². The van der Waals surface area contributed by atoms with Crippen molar-refractivity contribution in [3.05, 3.63) is 78.0 Å². The number of benzene rings is 2. The molecule has 0 spiro atoms. The Labute approximate surface area is 170 Å². The third-order valence-corrected chi connectivity index (χ3v) is 11.9. The Morgan fingerprint density at radius 2 is 1.57 bits per heavy atom. The summed E-state index contributed by atoms with van der Waals surface area (Å²) in [4.78, 5) is 14.5. The van der Waals surface area contributed by atoms with Gasteiger partial charge in [0.2, 0.25) is 0 Å². The Balaban J connectivity index is 2.01. The first kappa shape index (κ1) is 20.4. The van der Waals surface area contributed by atoms with Gasteiger partial charge in [0.1, 0.15) is 6.61 Å². The number of nitrogens with zero attached hydrogens (tertiary/aromatic N) is 1. The largest absolute Gasteiger partial charge is 0.447 e. The summed E-state index contributed by atoms with van der Waals surface area (Å²) in [5.41, 5.74) is 2.48. The monoisotopic (exact) mass is 393 g/mol. The van der Waals surface area contributed by atoms with E-state index in [1.165, 1.54) is 34.5 Å². The zero-order valence-corrected chi connectivity index (χ0v) is 18.2. The fourth-order valence-electron chi connectivity index (χ4n) is 4.27. The van der Waals surface area contributed by atoms with Crippen LogP contribution >= 0.6 is 0 Å². The Kier molecular flexibility index (Phi) is 6.73. The van der Waals surface area contributed by atoms with Gasteiger partial charge in [-0.2, -0.15) is 0 Å². The van der Waals surface area contributed by atoms with Gasteiger partial charge in [-0.3, -0.25) is 4.90 Å². The predicted molar refractivity (Wildman–Crippen MR) is 119 cm³/mol. The van der Waals surface area contributed by atoms with E-state index in [1.54, 1.807) is 0 Å². The molecule has 1 amide bonds. The predicted octanol–water partition coefficient (Wildman–Crippen LogP) is 6.14. The van der Waals surface area contributed by atoms with Crippen molar-refractivity contribution in [2.75, 3.05) is 6.61 Å². The molecular formula is C24H31NO2Si. The first-order valence-electron chi connectivity index (χ1n) is 10.4. The van der Waals surface area contributed by atoms with E-state index in [4.69, 9.17) is 4.74 Å². The van der Waals surface area contributed by atoms with Gasteiger partial charge in [0.15, 0.2) is 0 Å². The van der Waals surface area contributed by atoms with Crippen molar-refractivity contribution in [3.63, 3.8) is 0 Å². The van der Waals surface area contributed by atoms with Crippen LogP contribution in [0.15, 0.2) is 66.9 Å². The molecule has 0 unspecified atom stereocenters. The molecule has 0 bridgehead atoms. The van der Waals surface area contributed by atoms with Gasteiger partial charge < -0.3 is 4.74 Å². The van der Waals surface area contributed by atoms with Crippen LogP contribution in [-0.4, -0.2) is 31.7 Å². The van der Waals surface area contributed by atoms with Crippen LogP contribution in [0, 0.1) is 0 Å². The number of carbonyl (C=O) groups is 1. The molecule has 0 radical (unpaired) electrons. The average molecular weight is 394 g/mol. The Morgan fingerprint density at radius 3 is 2.14 bits per heavy atom. The summed E-state index contributed by atoms with van der Waals surface area (Å²) >= 11 is 0. The molecule has 28 heavy (non-hydrogen) atoms. The van der Waals surface area contributed by atoms with E-state index < -0.39 is 8.07 Å². The summed E-state index contributed by atoms with van der Waals surface area (Å²) in [5.74, 6) is 0. The van der Waals surface area contributed by atoms with Crippen molar-refractivity contribution in [1.82, 2.24) is 4.90 Å². The molecule has 0 aliphatic carbocycles. The van der Waals surface area contributed by atoms with Crippen molar-refractivity contribution < 1.29 is 9.53 Å². The minimum atomic E-state index is -1.69. The van der Waals surface area contributed by atoms with Crippen LogP contribution in [0.1, 0.15) is 31.9 Å². The fraction of sp³-hybridized carbons (Fsp3) is 0.375. The SMILES string of the molecule is CC[Si](CC)(CC)/C(=C\N1C(=O)OC[C@@H]1Cc1ccccc1)c1ccccc1. The molecule has 3 nitrogen and oxygen atoms in total. The highest BCUT2D eigenvalue weighted by Crippen LogP contribution is 2.36. The standard InChI is InChI=1S/C24H31NO2Si/c1-4-28(5-2,6-3)23(21-15-11-8-12-16-21)18-25-22(19-27-24(25)26)17-20-13-9-7-10-14-20/h7-16,18,22H,4-6,17,19H2,1-3H3/b23-18-/t22-/m0/s1. The molecule has 2 aromatic carbocycles. The van der Waals surface area contributed by atoms with Crippen LogP contribution in [0.2, 0.25) is 18.1 Å². The van der Waals surface area contributed by atoms with Crippen molar-refractivity contribution in [3.8, 4) is 0 Å². The number of hydrogen-bond donors (Lipinski definition) is 0. The van der Waals surface area contributed by atoms with E-state index in [-0.39, 0.29) is 12.1 Å². The minimum Gasteiger partial charge on any atom is -0.447 e. The van der Waals surface area contributed by atoms with Gasteiger partial charge in [0.05, 0.1) is 14.1 Å². The summed E-state index contributed by atoms with van der Waals surface area (Å²) in [6, 6.07) is 24.5. The van der Waals surface area contributed by atoms with E-state index in [0.717, 1.165) is 6.42 Å². The van der Waals surface area contributed by atoms with Crippen molar-refractivity contribution in [1.29, 1.82) is 0 Å². The van der Waals surface area contributed by atoms with Crippen LogP contribution in [0.25, 0.3) is 5.20 Å². The van der Waals surface area contributed by atoms with Gasteiger partial charge >= 0.3 is 6.09 Å². The smallest absolute Gasteiger partial charge is 0.414 e. The molecule has 1 fully saturated rings. The van der Waals surface area contributed by atoms with E-state index >= 15 is 0 Å². The topological polar surface area (TPSA) is 29.5 Å². The molecular weight excluding hydrogens is 362 g/mol. The molecule has 0 saturated carbocycles. The lowest BCUT2D eigenvalue weighted by molar-refractivity contribution is 0.166. The first-order chi connectivity index (χ1) is 13.6. The lowest BCUT2D eigenvalue weighted by atomic mass is 10.1. The Hall–Kier alpha value is -2.33. The molecule has 1 aliphatic rings. The third-order valence-electron chi connectivity index (χ3n) is 6.27. The average Bonchev–Trinajstić information content (AvgIpc) is 3.09. The highest BCUT2D eigenvalue weighted by molar-refractivity contribution is 6.96.